The first-order valence-corrected chi connectivity index (χ1v) is 7.66. The van der Waals surface area contributed by atoms with Crippen molar-refractivity contribution in [2.75, 3.05) is 0 Å². The molecule has 2 unspecified atom stereocenters. The molecule has 0 fully saturated rings. The number of rotatable bonds is 10. The molecule has 0 saturated carbocycles. The van der Waals surface area contributed by atoms with Crippen LogP contribution in [0.2, 0.25) is 0 Å². The lowest BCUT2D eigenvalue weighted by atomic mass is 10.0. The fourth-order valence-electron chi connectivity index (χ4n) is 1.99. The van der Waals surface area contributed by atoms with Crippen LogP contribution in [0.1, 0.15) is 66.2 Å². The van der Waals surface area contributed by atoms with E-state index in [0.717, 1.165) is 32.1 Å². The maximum Gasteiger partial charge on any atom is 0.326 e. The number of carboxylic acid groups (broad SMARTS) is 1. The van der Waals surface area contributed by atoms with E-state index in [9.17, 15) is 9.59 Å². The number of carbonyl (C=O) groups is 2. The third kappa shape index (κ3) is 9.64. The van der Waals surface area contributed by atoms with Crippen molar-refractivity contribution < 1.29 is 14.7 Å². The van der Waals surface area contributed by atoms with Gasteiger partial charge < -0.3 is 15.7 Å². The van der Waals surface area contributed by atoms with Crippen LogP contribution in [-0.2, 0) is 4.79 Å². The summed E-state index contributed by atoms with van der Waals surface area (Å²) in [5.74, 6) is -0.303. The molecule has 2 atom stereocenters. The fraction of sp³-hybridized carbons (Fsp3) is 0.867. The predicted molar refractivity (Wildman–Crippen MR) is 80.8 cm³/mol. The first-order valence-electron chi connectivity index (χ1n) is 7.66. The second-order valence-corrected chi connectivity index (χ2v) is 5.88. The lowest BCUT2D eigenvalue weighted by Gasteiger charge is -2.18. The Bertz CT molecular complexity index is 293. The van der Waals surface area contributed by atoms with Crippen molar-refractivity contribution in [1.82, 2.24) is 10.6 Å². The summed E-state index contributed by atoms with van der Waals surface area (Å²) in [6, 6.07) is -1.11. The van der Waals surface area contributed by atoms with Crippen LogP contribution in [0.3, 0.4) is 0 Å². The Balaban J connectivity index is 4.01. The van der Waals surface area contributed by atoms with Crippen LogP contribution in [-0.4, -0.2) is 29.2 Å². The van der Waals surface area contributed by atoms with Crippen LogP contribution in [0.5, 0.6) is 0 Å². The van der Waals surface area contributed by atoms with Crippen molar-refractivity contribution >= 4 is 12.0 Å². The first kappa shape index (κ1) is 18.7. The Hall–Kier alpha value is -1.26. The van der Waals surface area contributed by atoms with Gasteiger partial charge in [0.25, 0.3) is 0 Å². The highest BCUT2D eigenvalue weighted by molar-refractivity contribution is 5.82. The molecule has 0 aliphatic heterocycles. The molecule has 0 aliphatic rings. The quantitative estimate of drug-likeness (QED) is 0.577. The smallest absolute Gasteiger partial charge is 0.326 e. The van der Waals surface area contributed by atoms with E-state index in [1.807, 2.05) is 13.8 Å². The highest BCUT2D eigenvalue weighted by Crippen LogP contribution is 2.08. The summed E-state index contributed by atoms with van der Waals surface area (Å²) in [5.41, 5.74) is 0. The van der Waals surface area contributed by atoms with Gasteiger partial charge in [0, 0.05) is 6.04 Å². The number of unbranched alkanes of at least 4 members (excludes halogenated alkanes) is 1. The third-order valence-electron chi connectivity index (χ3n) is 3.25. The molecule has 118 valence electrons. The van der Waals surface area contributed by atoms with Gasteiger partial charge in [-0.1, -0.05) is 46.5 Å². The Labute approximate surface area is 122 Å². The zero-order chi connectivity index (χ0) is 15.5. The summed E-state index contributed by atoms with van der Waals surface area (Å²) in [6.07, 6.45) is 5.30. The van der Waals surface area contributed by atoms with Crippen molar-refractivity contribution in [3.63, 3.8) is 0 Å². The molecule has 0 aromatic rings. The SMILES string of the molecule is CCCCC(NC(=O)NC(C)CCCC(C)C)C(=O)O. The summed E-state index contributed by atoms with van der Waals surface area (Å²) in [4.78, 5) is 22.8. The minimum Gasteiger partial charge on any atom is -0.480 e. The molecule has 0 spiro atoms. The molecule has 0 heterocycles. The molecular weight excluding hydrogens is 256 g/mol. The highest BCUT2D eigenvalue weighted by Gasteiger charge is 2.19. The second-order valence-electron chi connectivity index (χ2n) is 5.88. The highest BCUT2D eigenvalue weighted by atomic mass is 16.4. The number of carbonyl (C=O) groups excluding carboxylic acids is 1. The average molecular weight is 286 g/mol. The Morgan fingerprint density at radius 3 is 2.15 bits per heavy atom. The van der Waals surface area contributed by atoms with E-state index in [0.29, 0.717) is 12.3 Å². The van der Waals surface area contributed by atoms with E-state index in [-0.39, 0.29) is 12.1 Å². The fourth-order valence-corrected chi connectivity index (χ4v) is 1.99. The maximum absolute atomic E-state index is 11.7. The minimum absolute atomic E-state index is 0.0642. The zero-order valence-corrected chi connectivity index (χ0v) is 13.2. The van der Waals surface area contributed by atoms with E-state index in [4.69, 9.17) is 5.11 Å². The van der Waals surface area contributed by atoms with Gasteiger partial charge in [-0.05, 0) is 25.7 Å². The molecule has 5 heteroatoms. The normalized spacial score (nSPS) is 13.8. The van der Waals surface area contributed by atoms with Crippen LogP contribution in [0.25, 0.3) is 0 Å². The van der Waals surface area contributed by atoms with Crippen molar-refractivity contribution in [3.8, 4) is 0 Å². The van der Waals surface area contributed by atoms with E-state index in [1.54, 1.807) is 0 Å². The summed E-state index contributed by atoms with van der Waals surface area (Å²) >= 11 is 0. The molecule has 0 saturated heterocycles. The van der Waals surface area contributed by atoms with Crippen LogP contribution < -0.4 is 10.6 Å². The number of urea groups is 1. The van der Waals surface area contributed by atoms with Gasteiger partial charge in [0.05, 0.1) is 0 Å². The minimum atomic E-state index is -0.971. The number of aliphatic carboxylic acids is 1. The molecule has 0 rings (SSSR count). The van der Waals surface area contributed by atoms with Gasteiger partial charge in [-0.2, -0.15) is 0 Å². The van der Waals surface area contributed by atoms with Gasteiger partial charge in [-0.3, -0.25) is 0 Å². The van der Waals surface area contributed by atoms with Crippen molar-refractivity contribution in [1.29, 1.82) is 0 Å². The number of amides is 2. The van der Waals surface area contributed by atoms with Crippen LogP contribution in [0.15, 0.2) is 0 Å². The predicted octanol–water partition coefficient (Wildman–Crippen LogP) is 3.14. The standard InChI is InChI=1S/C15H30N2O3/c1-5-6-10-13(14(18)19)17-15(20)16-12(4)9-7-8-11(2)3/h11-13H,5-10H2,1-4H3,(H,18,19)(H2,16,17,20). The van der Waals surface area contributed by atoms with E-state index < -0.39 is 12.0 Å². The summed E-state index contributed by atoms with van der Waals surface area (Å²) in [5, 5.41) is 14.4. The molecule has 5 nitrogen and oxygen atoms in total. The van der Waals surface area contributed by atoms with Gasteiger partial charge in [0.15, 0.2) is 0 Å². The van der Waals surface area contributed by atoms with Gasteiger partial charge in [0.1, 0.15) is 6.04 Å². The number of hydrogen-bond acceptors (Lipinski definition) is 2. The molecule has 3 N–H and O–H groups in total. The lowest BCUT2D eigenvalue weighted by Crippen LogP contribution is -2.48. The second kappa shape index (κ2) is 10.5. The molecular formula is C15H30N2O3. The van der Waals surface area contributed by atoms with E-state index in [1.165, 1.54) is 0 Å². The molecule has 0 aliphatic carbocycles. The molecule has 0 bridgehead atoms. The van der Waals surface area contributed by atoms with Crippen LogP contribution in [0, 0.1) is 5.92 Å². The van der Waals surface area contributed by atoms with Crippen LogP contribution >= 0.6 is 0 Å². The van der Waals surface area contributed by atoms with Gasteiger partial charge in [-0.15, -0.1) is 0 Å². The number of carboxylic acids is 1. The maximum atomic E-state index is 11.7. The zero-order valence-electron chi connectivity index (χ0n) is 13.2. The summed E-state index contributed by atoms with van der Waals surface area (Å²) in [6.45, 7) is 8.30. The molecule has 2 amide bonds. The van der Waals surface area contributed by atoms with Gasteiger partial charge >= 0.3 is 12.0 Å². The topological polar surface area (TPSA) is 78.4 Å². The van der Waals surface area contributed by atoms with Crippen molar-refractivity contribution in [2.24, 2.45) is 5.92 Å². The van der Waals surface area contributed by atoms with Crippen molar-refractivity contribution in [3.05, 3.63) is 0 Å². The molecule has 0 aromatic heterocycles. The van der Waals surface area contributed by atoms with Gasteiger partial charge in [0.2, 0.25) is 0 Å². The third-order valence-corrected chi connectivity index (χ3v) is 3.25. The number of nitrogens with one attached hydrogen (secondary N) is 2. The molecule has 0 radical (unpaired) electrons. The summed E-state index contributed by atoms with van der Waals surface area (Å²) in [7, 11) is 0. The average Bonchev–Trinajstić information content (AvgIpc) is 2.33. The molecule has 0 aromatic carbocycles. The van der Waals surface area contributed by atoms with E-state index in [2.05, 4.69) is 24.5 Å². The van der Waals surface area contributed by atoms with Crippen molar-refractivity contribution in [2.45, 2.75) is 78.3 Å². The Kier molecular flexibility index (Phi) is 9.86. The van der Waals surface area contributed by atoms with Gasteiger partial charge in [-0.25, -0.2) is 9.59 Å². The first-order chi connectivity index (χ1) is 9.36. The molecule has 20 heavy (non-hydrogen) atoms. The largest absolute Gasteiger partial charge is 0.480 e. The Morgan fingerprint density at radius 2 is 1.65 bits per heavy atom. The Morgan fingerprint density at radius 1 is 1.00 bits per heavy atom. The summed E-state index contributed by atoms with van der Waals surface area (Å²) < 4.78 is 0. The van der Waals surface area contributed by atoms with E-state index >= 15 is 0 Å². The van der Waals surface area contributed by atoms with Crippen LogP contribution in [0.4, 0.5) is 4.79 Å². The number of hydrogen-bond donors (Lipinski definition) is 3. The monoisotopic (exact) mass is 286 g/mol. The lowest BCUT2D eigenvalue weighted by molar-refractivity contribution is -0.139.